The number of amides is 2. The summed E-state index contributed by atoms with van der Waals surface area (Å²) in [5.41, 5.74) is 2.66. The fourth-order valence-corrected chi connectivity index (χ4v) is 3.55. The van der Waals surface area contributed by atoms with Gasteiger partial charge in [0, 0.05) is 13.5 Å². The SMILES string of the molecule is CCCCCC(CC(=O)Nc1ccccc1C(=O)NC)c1ccc(CO)cc1OC. The lowest BCUT2D eigenvalue weighted by Gasteiger charge is -2.21. The zero-order valence-corrected chi connectivity index (χ0v) is 18.0. The van der Waals surface area contributed by atoms with Gasteiger partial charge in [-0.25, -0.2) is 0 Å². The summed E-state index contributed by atoms with van der Waals surface area (Å²) in [6, 6.07) is 12.6. The topological polar surface area (TPSA) is 87.7 Å². The maximum Gasteiger partial charge on any atom is 0.253 e. The summed E-state index contributed by atoms with van der Waals surface area (Å²) in [6.07, 6.45) is 4.33. The van der Waals surface area contributed by atoms with Gasteiger partial charge < -0.3 is 20.5 Å². The number of anilines is 1. The molecule has 2 aromatic carbocycles. The predicted molar refractivity (Wildman–Crippen MR) is 119 cm³/mol. The van der Waals surface area contributed by atoms with Crippen molar-refractivity contribution in [1.29, 1.82) is 0 Å². The largest absolute Gasteiger partial charge is 0.496 e. The van der Waals surface area contributed by atoms with E-state index in [-0.39, 0.29) is 30.8 Å². The van der Waals surface area contributed by atoms with Gasteiger partial charge in [-0.2, -0.15) is 0 Å². The van der Waals surface area contributed by atoms with Crippen LogP contribution in [0.3, 0.4) is 0 Å². The van der Waals surface area contributed by atoms with Gasteiger partial charge >= 0.3 is 0 Å². The maximum absolute atomic E-state index is 12.9. The van der Waals surface area contributed by atoms with Crippen molar-refractivity contribution in [3.63, 3.8) is 0 Å². The molecule has 3 N–H and O–H groups in total. The number of nitrogens with one attached hydrogen (secondary N) is 2. The standard InChI is InChI=1S/C24H32N2O4/c1-4-5-6-9-18(19-13-12-17(16-27)14-22(19)30-3)15-23(28)26-21-11-8-7-10-20(21)24(29)25-2/h7-8,10-14,18,27H,4-6,9,15-16H2,1-3H3,(H,25,29)(H,26,28). The maximum atomic E-state index is 12.9. The Bertz CT molecular complexity index is 851. The van der Waals surface area contributed by atoms with Gasteiger partial charge in [-0.3, -0.25) is 9.59 Å². The number of carbonyl (C=O) groups excluding carboxylic acids is 2. The zero-order chi connectivity index (χ0) is 21.9. The van der Waals surface area contributed by atoms with Crippen LogP contribution < -0.4 is 15.4 Å². The van der Waals surface area contributed by atoms with Crippen LogP contribution in [0.4, 0.5) is 5.69 Å². The first-order valence-electron chi connectivity index (χ1n) is 10.4. The molecule has 6 nitrogen and oxygen atoms in total. The second-order valence-electron chi connectivity index (χ2n) is 7.30. The zero-order valence-electron chi connectivity index (χ0n) is 18.0. The van der Waals surface area contributed by atoms with E-state index in [4.69, 9.17) is 4.74 Å². The summed E-state index contributed by atoms with van der Waals surface area (Å²) in [5.74, 6) is 0.265. The molecular weight excluding hydrogens is 380 g/mol. The van der Waals surface area contributed by atoms with Crippen LogP contribution in [0, 0.1) is 0 Å². The van der Waals surface area contributed by atoms with Crippen molar-refractivity contribution < 1.29 is 19.4 Å². The van der Waals surface area contributed by atoms with Crippen molar-refractivity contribution in [2.24, 2.45) is 0 Å². The van der Waals surface area contributed by atoms with Gasteiger partial charge in [0.2, 0.25) is 5.91 Å². The fourth-order valence-electron chi connectivity index (χ4n) is 3.55. The smallest absolute Gasteiger partial charge is 0.253 e. The Kier molecular flexibility index (Phi) is 9.35. The van der Waals surface area contributed by atoms with Crippen LogP contribution in [0.5, 0.6) is 5.75 Å². The highest BCUT2D eigenvalue weighted by Crippen LogP contribution is 2.34. The molecule has 2 aromatic rings. The average Bonchev–Trinajstić information content (AvgIpc) is 2.77. The van der Waals surface area contributed by atoms with Crippen LogP contribution in [0.25, 0.3) is 0 Å². The molecule has 0 fully saturated rings. The first-order chi connectivity index (χ1) is 14.5. The van der Waals surface area contributed by atoms with E-state index in [0.29, 0.717) is 17.0 Å². The Morgan fingerprint density at radius 3 is 2.57 bits per heavy atom. The van der Waals surface area contributed by atoms with E-state index in [1.807, 2.05) is 18.2 Å². The minimum atomic E-state index is -0.244. The van der Waals surface area contributed by atoms with Crippen molar-refractivity contribution in [3.05, 3.63) is 59.2 Å². The van der Waals surface area contributed by atoms with E-state index < -0.39 is 0 Å². The van der Waals surface area contributed by atoms with Gasteiger partial charge in [0.15, 0.2) is 0 Å². The highest BCUT2D eigenvalue weighted by Gasteiger charge is 2.21. The lowest BCUT2D eigenvalue weighted by molar-refractivity contribution is -0.116. The molecule has 0 saturated heterocycles. The van der Waals surface area contributed by atoms with Gasteiger partial charge in [-0.1, -0.05) is 50.5 Å². The van der Waals surface area contributed by atoms with Crippen molar-refractivity contribution in [3.8, 4) is 5.75 Å². The van der Waals surface area contributed by atoms with Crippen molar-refractivity contribution in [1.82, 2.24) is 5.32 Å². The normalized spacial score (nSPS) is 11.6. The fraction of sp³-hybridized carbons (Fsp3) is 0.417. The molecule has 2 rings (SSSR count). The molecule has 0 spiro atoms. The average molecular weight is 413 g/mol. The van der Waals surface area contributed by atoms with E-state index in [1.165, 1.54) is 0 Å². The molecule has 0 bridgehead atoms. The second-order valence-corrected chi connectivity index (χ2v) is 7.30. The number of benzene rings is 2. The van der Waals surface area contributed by atoms with E-state index >= 15 is 0 Å². The Morgan fingerprint density at radius 1 is 1.13 bits per heavy atom. The molecule has 0 aliphatic heterocycles. The number of rotatable bonds is 11. The molecule has 2 amide bonds. The summed E-state index contributed by atoms with van der Waals surface area (Å²) in [4.78, 5) is 25.0. The predicted octanol–water partition coefficient (Wildman–Crippen LogP) is 4.24. The molecule has 1 atom stereocenters. The van der Waals surface area contributed by atoms with Crippen LogP contribution >= 0.6 is 0 Å². The highest BCUT2D eigenvalue weighted by atomic mass is 16.5. The molecule has 0 aliphatic carbocycles. The number of unbranched alkanes of at least 4 members (excludes halogenated alkanes) is 2. The minimum Gasteiger partial charge on any atom is -0.496 e. The summed E-state index contributed by atoms with van der Waals surface area (Å²) < 4.78 is 5.54. The van der Waals surface area contributed by atoms with Crippen LogP contribution in [0.2, 0.25) is 0 Å². The Morgan fingerprint density at radius 2 is 1.90 bits per heavy atom. The Balaban J connectivity index is 2.23. The molecule has 1 unspecified atom stereocenters. The van der Waals surface area contributed by atoms with Crippen LogP contribution in [-0.4, -0.2) is 31.1 Å². The number of ether oxygens (including phenoxy) is 1. The van der Waals surface area contributed by atoms with E-state index in [2.05, 4.69) is 17.6 Å². The number of methoxy groups -OCH3 is 1. The quantitative estimate of drug-likeness (QED) is 0.482. The van der Waals surface area contributed by atoms with Gasteiger partial charge in [-0.05, 0) is 41.7 Å². The molecular formula is C24H32N2O4. The number of aliphatic hydroxyl groups excluding tert-OH is 1. The van der Waals surface area contributed by atoms with Crippen molar-refractivity contribution in [2.45, 2.75) is 51.6 Å². The molecule has 162 valence electrons. The van der Waals surface area contributed by atoms with Crippen LogP contribution in [0.1, 0.15) is 66.4 Å². The molecule has 0 radical (unpaired) electrons. The summed E-state index contributed by atoms with van der Waals surface area (Å²) >= 11 is 0. The molecule has 0 saturated carbocycles. The first-order valence-corrected chi connectivity index (χ1v) is 10.4. The summed E-state index contributed by atoms with van der Waals surface area (Å²) in [7, 11) is 3.16. The summed E-state index contributed by atoms with van der Waals surface area (Å²) in [6.45, 7) is 2.09. The highest BCUT2D eigenvalue weighted by molar-refractivity contribution is 6.03. The number of hydrogen-bond acceptors (Lipinski definition) is 4. The molecule has 6 heteroatoms. The minimum absolute atomic E-state index is 0.0218. The van der Waals surface area contributed by atoms with E-state index in [0.717, 1.165) is 36.8 Å². The number of para-hydroxylation sites is 1. The van der Waals surface area contributed by atoms with Crippen LogP contribution in [0.15, 0.2) is 42.5 Å². The Labute approximate surface area is 178 Å². The molecule has 30 heavy (non-hydrogen) atoms. The van der Waals surface area contributed by atoms with Gasteiger partial charge in [0.05, 0.1) is 25.0 Å². The third kappa shape index (κ3) is 6.32. The molecule has 0 aliphatic rings. The van der Waals surface area contributed by atoms with E-state index in [9.17, 15) is 14.7 Å². The van der Waals surface area contributed by atoms with E-state index in [1.54, 1.807) is 38.4 Å². The second kappa shape index (κ2) is 12.0. The van der Waals surface area contributed by atoms with Gasteiger partial charge in [0.1, 0.15) is 5.75 Å². The third-order valence-corrected chi connectivity index (χ3v) is 5.18. The lowest BCUT2D eigenvalue weighted by atomic mass is 9.88. The molecule has 0 aromatic heterocycles. The number of hydrogen-bond donors (Lipinski definition) is 3. The third-order valence-electron chi connectivity index (χ3n) is 5.18. The monoisotopic (exact) mass is 412 g/mol. The van der Waals surface area contributed by atoms with Gasteiger partial charge in [-0.15, -0.1) is 0 Å². The van der Waals surface area contributed by atoms with Crippen LogP contribution in [-0.2, 0) is 11.4 Å². The summed E-state index contributed by atoms with van der Waals surface area (Å²) in [5, 5.41) is 14.9. The van der Waals surface area contributed by atoms with Crippen molar-refractivity contribution in [2.75, 3.05) is 19.5 Å². The number of carbonyl (C=O) groups is 2. The van der Waals surface area contributed by atoms with Gasteiger partial charge in [0.25, 0.3) is 5.91 Å². The lowest BCUT2D eigenvalue weighted by Crippen LogP contribution is -2.22. The first kappa shape index (κ1) is 23.4. The Hall–Kier alpha value is -2.86. The van der Waals surface area contributed by atoms with Crippen molar-refractivity contribution >= 4 is 17.5 Å². The molecule has 0 heterocycles. The number of aliphatic hydroxyl groups is 1.